The number of ether oxygens (including phenoxy) is 2. The lowest BCUT2D eigenvalue weighted by Gasteiger charge is -2.38. The highest BCUT2D eigenvalue weighted by atomic mass is 16.5. The molecule has 35 heavy (non-hydrogen) atoms. The van der Waals surface area contributed by atoms with Crippen LogP contribution in [-0.4, -0.2) is 41.0 Å². The highest BCUT2D eigenvalue weighted by Gasteiger charge is 2.48. The van der Waals surface area contributed by atoms with Gasteiger partial charge in [0.2, 0.25) is 11.7 Å². The number of furan rings is 1. The molecular formula is C28H32N2O5. The van der Waals surface area contributed by atoms with E-state index in [-0.39, 0.29) is 42.9 Å². The zero-order chi connectivity index (χ0) is 24.6. The number of amides is 2. The first kappa shape index (κ1) is 23.3. The van der Waals surface area contributed by atoms with E-state index >= 15 is 0 Å². The first-order valence-corrected chi connectivity index (χ1v) is 12.4. The first-order valence-electron chi connectivity index (χ1n) is 12.4. The maximum absolute atomic E-state index is 13.9. The van der Waals surface area contributed by atoms with Crippen LogP contribution in [0.25, 0.3) is 11.0 Å². The Balaban J connectivity index is 1.50. The van der Waals surface area contributed by atoms with Crippen molar-refractivity contribution >= 4 is 22.8 Å². The molecule has 184 valence electrons. The van der Waals surface area contributed by atoms with Crippen molar-refractivity contribution in [2.75, 3.05) is 6.61 Å². The lowest BCUT2D eigenvalue weighted by molar-refractivity contribution is -0.133. The molecule has 0 unspecified atom stereocenters. The van der Waals surface area contributed by atoms with E-state index in [2.05, 4.69) is 5.32 Å². The van der Waals surface area contributed by atoms with Crippen LogP contribution in [0.2, 0.25) is 0 Å². The smallest absolute Gasteiger partial charge is 0.294 e. The topological polar surface area (TPSA) is 81.0 Å². The van der Waals surface area contributed by atoms with Crippen LogP contribution in [0.15, 0.2) is 52.9 Å². The second kappa shape index (κ2) is 9.29. The molecule has 1 atom stereocenters. The summed E-state index contributed by atoms with van der Waals surface area (Å²) in [5.74, 6) is 0.722. The zero-order valence-corrected chi connectivity index (χ0v) is 20.5. The van der Waals surface area contributed by atoms with Gasteiger partial charge in [0, 0.05) is 12.6 Å². The van der Waals surface area contributed by atoms with Crippen LogP contribution < -0.4 is 14.8 Å². The Bertz CT molecular complexity index is 1230. The number of nitrogens with one attached hydrogen (secondary N) is 1. The fourth-order valence-electron chi connectivity index (χ4n) is 4.92. The van der Waals surface area contributed by atoms with Gasteiger partial charge in [0.05, 0.1) is 11.5 Å². The minimum atomic E-state index is -1.21. The number of nitrogens with zero attached hydrogens (tertiary/aromatic N) is 1. The number of benzene rings is 2. The molecular weight excluding hydrogens is 444 g/mol. The predicted molar refractivity (Wildman–Crippen MR) is 133 cm³/mol. The quantitative estimate of drug-likeness (QED) is 0.537. The van der Waals surface area contributed by atoms with Crippen LogP contribution >= 0.6 is 0 Å². The van der Waals surface area contributed by atoms with Gasteiger partial charge in [0.1, 0.15) is 17.9 Å². The zero-order valence-electron chi connectivity index (χ0n) is 20.5. The van der Waals surface area contributed by atoms with E-state index in [0.717, 1.165) is 42.4 Å². The van der Waals surface area contributed by atoms with E-state index in [1.54, 1.807) is 11.8 Å². The first-order chi connectivity index (χ1) is 16.8. The molecule has 2 amide bonds. The molecule has 1 fully saturated rings. The van der Waals surface area contributed by atoms with E-state index in [1.165, 1.54) is 0 Å². The monoisotopic (exact) mass is 476 g/mol. The Hall–Kier alpha value is -3.48. The van der Waals surface area contributed by atoms with Gasteiger partial charge in [-0.25, -0.2) is 0 Å². The maximum atomic E-state index is 13.9. The van der Waals surface area contributed by atoms with E-state index in [9.17, 15) is 9.59 Å². The number of hydrogen-bond donors (Lipinski definition) is 1. The van der Waals surface area contributed by atoms with Crippen molar-refractivity contribution in [1.82, 2.24) is 10.2 Å². The van der Waals surface area contributed by atoms with Crippen molar-refractivity contribution in [3.63, 3.8) is 0 Å². The molecule has 2 aliphatic rings. The summed E-state index contributed by atoms with van der Waals surface area (Å²) in [5.41, 5.74) is 0.254. The molecule has 2 heterocycles. The minimum absolute atomic E-state index is 0.0301. The normalized spacial score (nSPS) is 20.6. The van der Waals surface area contributed by atoms with Gasteiger partial charge < -0.3 is 24.1 Å². The highest BCUT2D eigenvalue weighted by Crippen LogP contribution is 2.39. The molecule has 0 saturated heterocycles. The van der Waals surface area contributed by atoms with Crippen molar-refractivity contribution in [3.8, 4) is 11.5 Å². The Morgan fingerprint density at radius 3 is 2.57 bits per heavy atom. The number of rotatable bonds is 6. The molecule has 2 aromatic carbocycles. The molecule has 1 saturated carbocycles. The predicted octanol–water partition coefficient (Wildman–Crippen LogP) is 5.07. The van der Waals surface area contributed by atoms with E-state index in [0.29, 0.717) is 11.3 Å². The van der Waals surface area contributed by atoms with Crippen LogP contribution in [0.1, 0.15) is 62.6 Å². The molecule has 1 aliphatic carbocycles. The average Bonchev–Trinajstić information content (AvgIpc) is 3.47. The third kappa shape index (κ3) is 4.47. The van der Waals surface area contributed by atoms with Crippen molar-refractivity contribution in [2.24, 2.45) is 0 Å². The molecule has 1 aliphatic heterocycles. The molecule has 0 bridgehead atoms. The van der Waals surface area contributed by atoms with Crippen LogP contribution in [0.4, 0.5) is 0 Å². The lowest BCUT2D eigenvalue weighted by atomic mass is 9.97. The minimum Gasteiger partial charge on any atom is -0.491 e. The number of carbonyl (C=O) groups is 2. The molecule has 7 nitrogen and oxygen atoms in total. The summed E-state index contributed by atoms with van der Waals surface area (Å²) in [6, 6.07) is 15.1. The molecule has 7 heteroatoms. The lowest BCUT2D eigenvalue weighted by Crippen LogP contribution is -2.62. The molecule has 5 rings (SSSR count). The Morgan fingerprint density at radius 2 is 1.86 bits per heavy atom. The average molecular weight is 477 g/mol. The van der Waals surface area contributed by atoms with Gasteiger partial charge in [-0.15, -0.1) is 0 Å². The standard InChI is InChI=1S/C28H32N2O5/c1-18(2)34-21-14-12-19(13-15-21)16-30-26(31)25-24(22-10-6-7-11-23(22)35-25)33-17-28(30,3)27(32)29-20-8-4-5-9-20/h6-7,10-15,18,20H,4-5,8-9,16-17H2,1-3H3,(H,29,32)/t28-/m1/s1. The third-order valence-electron chi connectivity index (χ3n) is 6.90. The van der Waals surface area contributed by atoms with E-state index < -0.39 is 5.54 Å². The maximum Gasteiger partial charge on any atom is 0.294 e. The number of para-hydroxylation sites is 1. The summed E-state index contributed by atoms with van der Waals surface area (Å²) in [6.07, 6.45) is 4.19. The van der Waals surface area contributed by atoms with Gasteiger partial charge in [-0.05, 0) is 63.4 Å². The van der Waals surface area contributed by atoms with Crippen molar-refractivity contribution in [1.29, 1.82) is 0 Å². The second-order valence-corrected chi connectivity index (χ2v) is 9.98. The number of carbonyl (C=O) groups excluding carboxylic acids is 2. The van der Waals surface area contributed by atoms with Gasteiger partial charge in [0.25, 0.3) is 5.91 Å². The van der Waals surface area contributed by atoms with Crippen molar-refractivity contribution in [2.45, 2.75) is 70.7 Å². The van der Waals surface area contributed by atoms with Gasteiger partial charge in [-0.1, -0.05) is 37.1 Å². The fraction of sp³-hybridized carbons (Fsp3) is 0.429. The Kier molecular flexibility index (Phi) is 6.17. The van der Waals surface area contributed by atoms with Gasteiger partial charge in [-0.2, -0.15) is 0 Å². The van der Waals surface area contributed by atoms with Crippen molar-refractivity contribution in [3.05, 3.63) is 59.9 Å². The summed E-state index contributed by atoms with van der Waals surface area (Å²) in [6.45, 7) is 5.99. The number of hydrogen-bond acceptors (Lipinski definition) is 5. The van der Waals surface area contributed by atoms with Crippen LogP contribution in [-0.2, 0) is 11.3 Å². The summed E-state index contributed by atoms with van der Waals surface area (Å²) in [4.78, 5) is 29.2. The van der Waals surface area contributed by atoms with Gasteiger partial charge >= 0.3 is 0 Å². The molecule has 3 aromatic rings. The number of fused-ring (bicyclic) bond motifs is 3. The Labute approximate surface area is 205 Å². The summed E-state index contributed by atoms with van der Waals surface area (Å²) >= 11 is 0. The van der Waals surface area contributed by atoms with Crippen LogP contribution in [0, 0.1) is 0 Å². The largest absolute Gasteiger partial charge is 0.491 e. The molecule has 0 spiro atoms. The highest BCUT2D eigenvalue weighted by molar-refractivity contribution is 6.04. The van der Waals surface area contributed by atoms with Crippen LogP contribution in [0.3, 0.4) is 0 Å². The summed E-state index contributed by atoms with van der Waals surface area (Å²) in [7, 11) is 0. The summed E-state index contributed by atoms with van der Waals surface area (Å²) in [5, 5.41) is 3.90. The van der Waals surface area contributed by atoms with E-state index in [4.69, 9.17) is 13.9 Å². The van der Waals surface area contributed by atoms with E-state index in [1.807, 2.05) is 62.4 Å². The van der Waals surface area contributed by atoms with Gasteiger partial charge in [-0.3, -0.25) is 9.59 Å². The van der Waals surface area contributed by atoms with Crippen LogP contribution in [0.5, 0.6) is 11.5 Å². The van der Waals surface area contributed by atoms with Crippen molar-refractivity contribution < 1.29 is 23.5 Å². The fourth-order valence-corrected chi connectivity index (χ4v) is 4.92. The second-order valence-electron chi connectivity index (χ2n) is 9.98. The Morgan fingerprint density at radius 1 is 1.14 bits per heavy atom. The molecule has 1 N–H and O–H groups in total. The molecule has 0 radical (unpaired) electrons. The summed E-state index contributed by atoms with van der Waals surface area (Å²) < 4.78 is 17.9. The SMILES string of the molecule is CC(C)Oc1ccc(CN2C(=O)c3oc4ccccc4c3OC[C@]2(C)C(=O)NC2CCCC2)cc1. The molecule has 1 aromatic heterocycles. The van der Waals surface area contributed by atoms with Gasteiger partial charge in [0.15, 0.2) is 11.3 Å². The third-order valence-corrected chi connectivity index (χ3v) is 6.90.